The molecule has 6 nitrogen and oxygen atoms in total. The Morgan fingerprint density at radius 2 is 2.28 bits per heavy atom. The number of carbonyl (C=O) groups is 1. The molecular formula is C12H17N5O. The molecule has 0 aromatic carbocycles. The van der Waals surface area contributed by atoms with E-state index in [1.54, 1.807) is 29.0 Å². The molecule has 0 saturated heterocycles. The molecule has 0 unspecified atom stereocenters. The number of hydrogen-bond acceptors (Lipinski definition) is 3. The predicted octanol–water partition coefficient (Wildman–Crippen LogP) is 0.584. The van der Waals surface area contributed by atoms with Crippen LogP contribution in [0.4, 0.5) is 0 Å². The molecule has 2 rings (SSSR count). The molecule has 0 saturated carbocycles. The van der Waals surface area contributed by atoms with E-state index in [2.05, 4.69) is 10.1 Å². The molecule has 0 aliphatic heterocycles. The lowest BCUT2D eigenvalue weighted by molar-refractivity contribution is -0.131. The van der Waals surface area contributed by atoms with Gasteiger partial charge in [0.05, 0.1) is 12.7 Å². The van der Waals surface area contributed by atoms with Crippen LogP contribution in [0.15, 0.2) is 24.8 Å². The second-order valence-electron chi connectivity index (χ2n) is 4.42. The minimum Gasteiger partial charge on any atom is -0.337 e. The molecule has 6 heteroatoms. The third-order valence-electron chi connectivity index (χ3n) is 2.78. The molecule has 0 aliphatic rings. The highest BCUT2D eigenvalue weighted by atomic mass is 16.2. The molecule has 2 heterocycles. The van der Waals surface area contributed by atoms with Crippen LogP contribution in [0.25, 0.3) is 0 Å². The van der Waals surface area contributed by atoms with Crippen LogP contribution in [0.5, 0.6) is 0 Å². The molecule has 1 amide bonds. The molecule has 96 valence electrons. The van der Waals surface area contributed by atoms with Crippen molar-refractivity contribution in [3.05, 3.63) is 36.2 Å². The molecule has 18 heavy (non-hydrogen) atoms. The van der Waals surface area contributed by atoms with Gasteiger partial charge in [0.2, 0.25) is 5.91 Å². The summed E-state index contributed by atoms with van der Waals surface area (Å²) in [6.45, 7) is 2.71. The van der Waals surface area contributed by atoms with Crippen LogP contribution in [0, 0.1) is 6.92 Å². The molecule has 0 radical (unpaired) electrons. The maximum atomic E-state index is 12.0. The van der Waals surface area contributed by atoms with Gasteiger partial charge in [0.1, 0.15) is 12.4 Å². The van der Waals surface area contributed by atoms with Gasteiger partial charge >= 0.3 is 0 Å². The summed E-state index contributed by atoms with van der Waals surface area (Å²) in [6.07, 6.45) is 7.19. The van der Waals surface area contributed by atoms with Crippen molar-refractivity contribution in [3.63, 3.8) is 0 Å². The molecule has 0 aliphatic carbocycles. The molecule has 2 aromatic heterocycles. The quantitative estimate of drug-likeness (QED) is 0.794. The first-order valence-corrected chi connectivity index (χ1v) is 5.75. The van der Waals surface area contributed by atoms with Gasteiger partial charge in [-0.3, -0.25) is 9.48 Å². The summed E-state index contributed by atoms with van der Waals surface area (Å²) in [7, 11) is 3.69. The van der Waals surface area contributed by atoms with E-state index in [1.807, 2.05) is 30.9 Å². The number of hydrogen-bond donors (Lipinski definition) is 0. The van der Waals surface area contributed by atoms with Gasteiger partial charge < -0.3 is 9.47 Å². The van der Waals surface area contributed by atoms with Crippen molar-refractivity contribution in [2.75, 3.05) is 7.05 Å². The maximum Gasteiger partial charge on any atom is 0.244 e. The number of nitrogens with zero attached hydrogens (tertiary/aromatic N) is 5. The van der Waals surface area contributed by atoms with Gasteiger partial charge in [-0.1, -0.05) is 0 Å². The Morgan fingerprint density at radius 1 is 1.50 bits per heavy atom. The SMILES string of the molecule is Cc1cnn(CC(=O)N(C)Cc2nccn2C)c1. The Bertz CT molecular complexity index is 542. The fraction of sp³-hybridized carbons (Fsp3) is 0.417. The fourth-order valence-corrected chi connectivity index (χ4v) is 1.66. The van der Waals surface area contributed by atoms with Gasteiger partial charge in [-0.05, 0) is 12.5 Å². The van der Waals surface area contributed by atoms with Crippen molar-refractivity contribution >= 4 is 5.91 Å². The van der Waals surface area contributed by atoms with Crippen LogP contribution in [-0.4, -0.2) is 37.2 Å². The lowest BCUT2D eigenvalue weighted by atomic mass is 10.4. The maximum absolute atomic E-state index is 12.0. The number of rotatable bonds is 4. The third-order valence-corrected chi connectivity index (χ3v) is 2.78. The zero-order valence-electron chi connectivity index (χ0n) is 10.9. The average Bonchev–Trinajstić information content (AvgIpc) is 2.89. The summed E-state index contributed by atoms with van der Waals surface area (Å²) in [4.78, 5) is 17.8. The second kappa shape index (κ2) is 5.03. The summed E-state index contributed by atoms with van der Waals surface area (Å²) in [5.74, 6) is 0.878. The zero-order chi connectivity index (χ0) is 13.1. The standard InChI is InChI=1S/C12H17N5O/c1-10-6-14-17(7-10)9-12(18)16(3)8-11-13-4-5-15(11)2/h4-7H,8-9H2,1-3H3. The van der Waals surface area contributed by atoms with Gasteiger partial charge in [0.25, 0.3) is 0 Å². The lowest BCUT2D eigenvalue weighted by Gasteiger charge is -2.16. The molecule has 0 spiro atoms. The Kier molecular flexibility index (Phi) is 3.45. The van der Waals surface area contributed by atoms with E-state index in [1.165, 1.54) is 0 Å². The average molecular weight is 247 g/mol. The molecule has 0 bridgehead atoms. The van der Waals surface area contributed by atoms with E-state index in [9.17, 15) is 4.79 Å². The van der Waals surface area contributed by atoms with E-state index in [4.69, 9.17) is 0 Å². The van der Waals surface area contributed by atoms with E-state index >= 15 is 0 Å². The first kappa shape index (κ1) is 12.3. The monoisotopic (exact) mass is 247 g/mol. The minimum atomic E-state index is 0.0149. The van der Waals surface area contributed by atoms with Crippen LogP contribution < -0.4 is 0 Å². The summed E-state index contributed by atoms with van der Waals surface area (Å²) in [6, 6.07) is 0. The third kappa shape index (κ3) is 2.77. The Hall–Kier alpha value is -2.11. The number of amides is 1. The topological polar surface area (TPSA) is 56.0 Å². The van der Waals surface area contributed by atoms with E-state index < -0.39 is 0 Å². The van der Waals surface area contributed by atoms with E-state index in [0.717, 1.165) is 11.4 Å². The van der Waals surface area contributed by atoms with Gasteiger partial charge in [-0.15, -0.1) is 0 Å². The van der Waals surface area contributed by atoms with Crippen molar-refractivity contribution in [2.45, 2.75) is 20.0 Å². The van der Waals surface area contributed by atoms with Crippen molar-refractivity contribution < 1.29 is 4.79 Å². The Balaban J connectivity index is 1.95. The van der Waals surface area contributed by atoms with Gasteiger partial charge in [0, 0.05) is 32.7 Å². The normalized spacial score (nSPS) is 10.6. The van der Waals surface area contributed by atoms with Crippen LogP contribution in [0.2, 0.25) is 0 Å². The van der Waals surface area contributed by atoms with Crippen molar-refractivity contribution in [1.29, 1.82) is 0 Å². The van der Waals surface area contributed by atoms with Crippen molar-refractivity contribution in [2.24, 2.45) is 7.05 Å². The Labute approximate surface area is 106 Å². The lowest BCUT2D eigenvalue weighted by Crippen LogP contribution is -2.30. The summed E-state index contributed by atoms with van der Waals surface area (Å²) >= 11 is 0. The summed E-state index contributed by atoms with van der Waals surface area (Å²) in [5, 5.41) is 4.10. The highest BCUT2D eigenvalue weighted by molar-refractivity contribution is 5.75. The van der Waals surface area contributed by atoms with Crippen LogP contribution in [-0.2, 0) is 24.9 Å². The Morgan fingerprint density at radius 3 is 2.83 bits per heavy atom. The van der Waals surface area contributed by atoms with E-state index in [-0.39, 0.29) is 12.5 Å². The molecule has 0 atom stereocenters. The largest absolute Gasteiger partial charge is 0.337 e. The van der Waals surface area contributed by atoms with Crippen LogP contribution >= 0.6 is 0 Å². The van der Waals surface area contributed by atoms with Gasteiger partial charge in [-0.2, -0.15) is 5.10 Å². The zero-order valence-corrected chi connectivity index (χ0v) is 10.9. The molecule has 2 aromatic rings. The van der Waals surface area contributed by atoms with Gasteiger partial charge in [-0.25, -0.2) is 4.98 Å². The number of carbonyl (C=O) groups excluding carboxylic acids is 1. The first-order chi connectivity index (χ1) is 8.56. The molecular weight excluding hydrogens is 230 g/mol. The second-order valence-corrected chi connectivity index (χ2v) is 4.42. The van der Waals surface area contributed by atoms with Gasteiger partial charge in [0.15, 0.2) is 0 Å². The number of likely N-dealkylation sites (N-methyl/N-ethyl adjacent to an activating group) is 1. The summed E-state index contributed by atoms with van der Waals surface area (Å²) < 4.78 is 3.55. The highest BCUT2D eigenvalue weighted by Crippen LogP contribution is 2.01. The number of aryl methyl sites for hydroxylation is 2. The van der Waals surface area contributed by atoms with Crippen molar-refractivity contribution in [1.82, 2.24) is 24.2 Å². The van der Waals surface area contributed by atoms with Crippen molar-refractivity contribution in [3.8, 4) is 0 Å². The number of imidazole rings is 1. The fourth-order valence-electron chi connectivity index (χ4n) is 1.66. The summed E-state index contributed by atoms with van der Waals surface area (Å²) in [5.41, 5.74) is 1.05. The number of aromatic nitrogens is 4. The van der Waals surface area contributed by atoms with Crippen LogP contribution in [0.3, 0.4) is 0 Å². The van der Waals surface area contributed by atoms with E-state index in [0.29, 0.717) is 6.54 Å². The highest BCUT2D eigenvalue weighted by Gasteiger charge is 2.12. The smallest absolute Gasteiger partial charge is 0.244 e. The minimum absolute atomic E-state index is 0.0149. The van der Waals surface area contributed by atoms with Crippen LogP contribution in [0.1, 0.15) is 11.4 Å². The molecule has 0 N–H and O–H groups in total. The molecule has 0 fully saturated rings. The predicted molar refractivity (Wildman–Crippen MR) is 66.6 cm³/mol. The first-order valence-electron chi connectivity index (χ1n) is 5.75.